The normalized spacial score (nSPS) is 19.2. The molecule has 1 aromatic carbocycles. The maximum absolute atomic E-state index is 13.3. The molecule has 21 heavy (non-hydrogen) atoms. The molecule has 1 saturated heterocycles. The molecular formula is C14H15F4N3. The maximum atomic E-state index is 13.3. The van der Waals surface area contributed by atoms with Gasteiger partial charge in [-0.2, -0.15) is 18.4 Å². The minimum Gasteiger partial charge on any atom is -0.304 e. The lowest BCUT2D eigenvalue weighted by Crippen LogP contribution is -2.45. The fourth-order valence-corrected chi connectivity index (χ4v) is 2.38. The van der Waals surface area contributed by atoms with Crippen molar-refractivity contribution < 1.29 is 17.6 Å². The van der Waals surface area contributed by atoms with Crippen LogP contribution in [0.5, 0.6) is 0 Å². The highest BCUT2D eigenvalue weighted by molar-refractivity contribution is 5.32. The molecule has 7 heteroatoms. The third kappa shape index (κ3) is 3.52. The van der Waals surface area contributed by atoms with Crippen molar-refractivity contribution in [2.75, 3.05) is 33.2 Å². The molecule has 0 spiro atoms. The Hall–Kier alpha value is -1.65. The summed E-state index contributed by atoms with van der Waals surface area (Å²) in [6.45, 7) is 2.66. The van der Waals surface area contributed by atoms with Crippen LogP contribution in [0, 0.1) is 17.1 Å². The average molecular weight is 301 g/mol. The topological polar surface area (TPSA) is 30.3 Å². The van der Waals surface area contributed by atoms with Crippen LogP contribution in [-0.2, 0) is 6.18 Å². The van der Waals surface area contributed by atoms with Crippen LogP contribution < -0.4 is 0 Å². The number of rotatable bonds is 2. The van der Waals surface area contributed by atoms with Crippen molar-refractivity contribution >= 4 is 0 Å². The quantitative estimate of drug-likeness (QED) is 0.787. The second-order valence-corrected chi connectivity index (χ2v) is 5.11. The Morgan fingerprint density at radius 3 is 2.33 bits per heavy atom. The second kappa shape index (κ2) is 6.00. The summed E-state index contributed by atoms with van der Waals surface area (Å²) >= 11 is 0. The fourth-order valence-electron chi connectivity index (χ4n) is 2.38. The molecule has 0 saturated carbocycles. The van der Waals surface area contributed by atoms with Crippen LogP contribution in [0.2, 0.25) is 0 Å². The Labute approximate surface area is 120 Å². The standard InChI is InChI=1S/C14H15F4N3/c1-20-4-6-21(7-5-20)13(9-19)10-2-3-12(15)11(8-10)14(16,17)18/h2-3,8,13H,4-7H2,1H3. The summed E-state index contributed by atoms with van der Waals surface area (Å²) in [7, 11) is 1.94. The van der Waals surface area contributed by atoms with Crippen LogP contribution in [-0.4, -0.2) is 43.0 Å². The van der Waals surface area contributed by atoms with Gasteiger partial charge in [0.05, 0.1) is 11.6 Å². The van der Waals surface area contributed by atoms with E-state index in [2.05, 4.69) is 4.90 Å². The van der Waals surface area contributed by atoms with Gasteiger partial charge in [0, 0.05) is 26.2 Å². The highest BCUT2D eigenvalue weighted by atomic mass is 19.4. The van der Waals surface area contributed by atoms with E-state index in [0.29, 0.717) is 13.1 Å². The molecule has 2 rings (SSSR count). The first-order valence-electron chi connectivity index (χ1n) is 6.52. The van der Waals surface area contributed by atoms with E-state index in [1.165, 1.54) is 6.07 Å². The lowest BCUT2D eigenvalue weighted by molar-refractivity contribution is -0.140. The van der Waals surface area contributed by atoms with Crippen molar-refractivity contribution in [3.63, 3.8) is 0 Å². The van der Waals surface area contributed by atoms with E-state index in [4.69, 9.17) is 0 Å². The maximum Gasteiger partial charge on any atom is 0.419 e. The van der Waals surface area contributed by atoms with Crippen LogP contribution in [0.3, 0.4) is 0 Å². The predicted molar refractivity (Wildman–Crippen MR) is 68.8 cm³/mol. The first-order chi connectivity index (χ1) is 9.82. The Kier molecular flexibility index (Phi) is 4.49. The molecule has 1 fully saturated rings. The van der Waals surface area contributed by atoms with Gasteiger partial charge < -0.3 is 4.90 Å². The summed E-state index contributed by atoms with van der Waals surface area (Å²) in [4.78, 5) is 3.89. The Morgan fingerprint density at radius 2 is 1.81 bits per heavy atom. The van der Waals surface area contributed by atoms with Crippen LogP contribution in [0.1, 0.15) is 17.2 Å². The molecule has 0 radical (unpaired) electrons. The Morgan fingerprint density at radius 1 is 1.19 bits per heavy atom. The highest BCUT2D eigenvalue weighted by Crippen LogP contribution is 2.34. The van der Waals surface area contributed by atoms with E-state index in [1.54, 1.807) is 0 Å². The number of piperazine rings is 1. The molecule has 0 aliphatic carbocycles. The third-order valence-corrected chi connectivity index (χ3v) is 3.64. The molecule has 1 aliphatic rings. The highest BCUT2D eigenvalue weighted by Gasteiger charge is 2.35. The van der Waals surface area contributed by atoms with Crippen molar-refractivity contribution in [2.45, 2.75) is 12.2 Å². The summed E-state index contributed by atoms with van der Waals surface area (Å²) < 4.78 is 51.5. The molecule has 0 amide bonds. The van der Waals surface area contributed by atoms with E-state index in [0.717, 1.165) is 25.2 Å². The van der Waals surface area contributed by atoms with Crippen molar-refractivity contribution in [2.24, 2.45) is 0 Å². The molecule has 114 valence electrons. The monoisotopic (exact) mass is 301 g/mol. The number of likely N-dealkylation sites (N-methyl/N-ethyl adjacent to an activating group) is 1. The van der Waals surface area contributed by atoms with Crippen LogP contribution >= 0.6 is 0 Å². The number of nitriles is 1. The van der Waals surface area contributed by atoms with Crippen molar-refractivity contribution in [3.05, 3.63) is 35.1 Å². The van der Waals surface area contributed by atoms with Crippen LogP contribution in [0.25, 0.3) is 0 Å². The van der Waals surface area contributed by atoms with Gasteiger partial charge in [0.2, 0.25) is 0 Å². The number of nitrogens with zero attached hydrogens (tertiary/aromatic N) is 3. The molecule has 1 atom stereocenters. The molecule has 0 aromatic heterocycles. The molecule has 1 aromatic rings. The van der Waals surface area contributed by atoms with E-state index >= 15 is 0 Å². The van der Waals surface area contributed by atoms with Gasteiger partial charge in [-0.15, -0.1) is 0 Å². The lowest BCUT2D eigenvalue weighted by atomic mass is 10.0. The number of alkyl halides is 3. The number of halogens is 4. The molecule has 0 bridgehead atoms. The summed E-state index contributed by atoms with van der Waals surface area (Å²) in [6, 6.07) is 3.99. The minimum atomic E-state index is -4.76. The van der Waals surface area contributed by atoms with E-state index in [-0.39, 0.29) is 5.56 Å². The fraction of sp³-hybridized carbons (Fsp3) is 0.500. The predicted octanol–water partition coefficient (Wildman–Crippen LogP) is 2.66. The van der Waals surface area contributed by atoms with Gasteiger partial charge in [-0.1, -0.05) is 6.07 Å². The molecular weight excluding hydrogens is 286 g/mol. The van der Waals surface area contributed by atoms with Gasteiger partial charge in [0.15, 0.2) is 0 Å². The van der Waals surface area contributed by atoms with Crippen LogP contribution in [0.4, 0.5) is 17.6 Å². The molecule has 0 N–H and O–H groups in total. The first kappa shape index (κ1) is 15.7. The van der Waals surface area contributed by atoms with E-state index in [9.17, 15) is 22.8 Å². The summed E-state index contributed by atoms with van der Waals surface area (Å²) in [5.74, 6) is -1.32. The molecule has 1 heterocycles. The SMILES string of the molecule is CN1CCN(C(C#N)c2ccc(F)c(C(F)(F)F)c2)CC1. The van der Waals surface area contributed by atoms with E-state index in [1.807, 2.05) is 18.0 Å². The Balaban J connectivity index is 2.29. The number of hydrogen-bond donors (Lipinski definition) is 0. The largest absolute Gasteiger partial charge is 0.419 e. The number of benzene rings is 1. The van der Waals surface area contributed by atoms with Gasteiger partial charge in [0.1, 0.15) is 11.9 Å². The smallest absolute Gasteiger partial charge is 0.304 e. The zero-order valence-corrected chi connectivity index (χ0v) is 11.5. The van der Waals surface area contributed by atoms with Gasteiger partial charge >= 0.3 is 6.18 Å². The molecule has 1 aliphatic heterocycles. The van der Waals surface area contributed by atoms with Gasteiger partial charge in [-0.05, 0) is 24.7 Å². The first-order valence-corrected chi connectivity index (χ1v) is 6.52. The van der Waals surface area contributed by atoms with Gasteiger partial charge in [0.25, 0.3) is 0 Å². The van der Waals surface area contributed by atoms with Crippen molar-refractivity contribution in [1.29, 1.82) is 5.26 Å². The molecule has 1 unspecified atom stereocenters. The van der Waals surface area contributed by atoms with Crippen LogP contribution in [0.15, 0.2) is 18.2 Å². The van der Waals surface area contributed by atoms with Crippen molar-refractivity contribution in [3.8, 4) is 6.07 Å². The van der Waals surface area contributed by atoms with Gasteiger partial charge in [-0.3, -0.25) is 4.90 Å². The zero-order valence-electron chi connectivity index (χ0n) is 11.5. The minimum absolute atomic E-state index is 0.177. The Bertz CT molecular complexity index is 542. The average Bonchev–Trinajstić information content (AvgIpc) is 2.42. The number of hydrogen-bond acceptors (Lipinski definition) is 3. The van der Waals surface area contributed by atoms with Gasteiger partial charge in [-0.25, -0.2) is 4.39 Å². The van der Waals surface area contributed by atoms with Crippen molar-refractivity contribution in [1.82, 2.24) is 9.80 Å². The summed E-state index contributed by atoms with van der Waals surface area (Å²) in [5, 5.41) is 9.28. The third-order valence-electron chi connectivity index (χ3n) is 3.64. The van der Waals surface area contributed by atoms with E-state index < -0.39 is 23.6 Å². The summed E-state index contributed by atoms with van der Waals surface area (Å²) in [6.07, 6.45) is -4.76. The summed E-state index contributed by atoms with van der Waals surface area (Å²) in [5.41, 5.74) is -1.15. The zero-order chi connectivity index (χ0) is 15.6. The second-order valence-electron chi connectivity index (χ2n) is 5.11. The molecule has 3 nitrogen and oxygen atoms in total. The lowest BCUT2D eigenvalue weighted by Gasteiger charge is -2.35.